The molecule has 0 radical (unpaired) electrons. The Hall–Kier alpha value is -3.58. The first-order valence-electron chi connectivity index (χ1n) is 10.7. The number of ether oxygens (including phenoxy) is 3. The van der Waals surface area contributed by atoms with E-state index >= 15 is 0 Å². The molecule has 0 aliphatic carbocycles. The number of methoxy groups -OCH3 is 3. The Morgan fingerprint density at radius 3 is 2.39 bits per heavy atom. The summed E-state index contributed by atoms with van der Waals surface area (Å²) in [6, 6.07) is 3.56. The van der Waals surface area contributed by atoms with Crippen LogP contribution in [0.4, 0.5) is 5.13 Å². The molecule has 0 atom stereocenters. The molecule has 0 aliphatic rings. The number of nitrogens with one attached hydrogen (secondary N) is 1. The van der Waals surface area contributed by atoms with Gasteiger partial charge in [-0.05, 0) is 19.1 Å². The number of thiazole rings is 1. The van der Waals surface area contributed by atoms with E-state index in [2.05, 4.69) is 27.1 Å². The van der Waals surface area contributed by atoms with Crippen LogP contribution in [0.1, 0.15) is 15.4 Å². The van der Waals surface area contributed by atoms with Crippen LogP contribution in [0.5, 0.6) is 17.2 Å². The number of hydrogen-bond acceptors (Lipinski definition) is 10. The monoisotopic (exact) mass is 532 g/mol. The number of benzene rings is 1. The number of rotatable bonds is 11. The van der Waals surface area contributed by atoms with E-state index in [1.165, 1.54) is 23.8 Å². The minimum Gasteiger partial charge on any atom is -0.493 e. The molecule has 0 unspecified atom stereocenters. The predicted octanol–water partition coefficient (Wildman–Crippen LogP) is 3.35. The van der Waals surface area contributed by atoms with Gasteiger partial charge in [0.15, 0.2) is 27.6 Å². The number of aromatic nitrogens is 4. The fourth-order valence-electron chi connectivity index (χ4n) is 3.25. The Morgan fingerprint density at radius 1 is 1.17 bits per heavy atom. The molecule has 0 fully saturated rings. The first-order valence-corrected chi connectivity index (χ1v) is 12.5. The van der Waals surface area contributed by atoms with Crippen molar-refractivity contribution in [2.24, 2.45) is 0 Å². The lowest BCUT2D eigenvalue weighted by molar-refractivity contribution is -0.113. The summed E-state index contributed by atoms with van der Waals surface area (Å²) in [7, 11) is 7.95. The quantitative estimate of drug-likeness (QED) is 0.293. The molecule has 13 heteroatoms. The normalized spacial score (nSPS) is 10.6. The first kappa shape index (κ1) is 27.0. The highest BCUT2D eigenvalue weighted by atomic mass is 32.2. The molecule has 3 aromatic rings. The van der Waals surface area contributed by atoms with Gasteiger partial charge in [0.05, 0.1) is 32.8 Å². The van der Waals surface area contributed by atoms with Crippen molar-refractivity contribution in [3.05, 3.63) is 35.4 Å². The minimum atomic E-state index is -0.278. The van der Waals surface area contributed by atoms with Crippen LogP contribution in [0.3, 0.4) is 0 Å². The number of allylic oxidation sites excluding steroid dienone is 1. The van der Waals surface area contributed by atoms with Gasteiger partial charge in [0.2, 0.25) is 11.7 Å². The van der Waals surface area contributed by atoms with E-state index in [4.69, 9.17) is 14.2 Å². The van der Waals surface area contributed by atoms with Gasteiger partial charge < -0.3 is 24.4 Å². The summed E-state index contributed by atoms with van der Waals surface area (Å²) in [5, 5.41) is 12.3. The SMILES string of the molecule is C=CCn1c(SCC(=O)Nc2nc(C)c(C(=O)N(C)C)s2)nnc1-c1cc(OC)c(OC)c(OC)c1. The molecule has 1 N–H and O–H groups in total. The zero-order valence-corrected chi connectivity index (χ0v) is 22.6. The Balaban J connectivity index is 1.79. The van der Waals surface area contributed by atoms with Gasteiger partial charge in [0.1, 0.15) is 4.88 Å². The third-order valence-electron chi connectivity index (χ3n) is 4.93. The molecule has 192 valence electrons. The molecule has 0 bridgehead atoms. The number of hydrogen-bond donors (Lipinski definition) is 1. The van der Waals surface area contributed by atoms with E-state index in [1.807, 2.05) is 4.57 Å². The molecule has 36 heavy (non-hydrogen) atoms. The molecule has 0 aliphatic heterocycles. The zero-order chi connectivity index (χ0) is 26.4. The van der Waals surface area contributed by atoms with E-state index < -0.39 is 0 Å². The lowest BCUT2D eigenvalue weighted by atomic mass is 10.1. The second kappa shape index (κ2) is 11.9. The molecule has 0 saturated heterocycles. The average Bonchev–Trinajstić information content (AvgIpc) is 3.43. The highest BCUT2D eigenvalue weighted by Gasteiger charge is 2.21. The lowest BCUT2D eigenvalue weighted by Gasteiger charge is -2.14. The number of anilines is 1. The third-order valence-corrected chi connectivity index (χ3v) is 6.95. The summed E-state index contributed by atoms with van der Waals surface area (Å²) in [5.41, 5.74) is 1.27. The van der Waals surface area contributed by atoms with Crippen LogP contribution in [0.25, 0.3) is 11.4 Å². The van der Waals surface area contributed by atoms with Gasteiger partial charge in [-0.15, -0.1) is 16.8 Å². The largest absolute Gasteiger partial charge is 0.493 e. The number of carbonyl (C=O) groups is 2. The van der Waals surface area contributed by atoms with E-state index in [0.29, 0.717) is 56.0 Å². The molecule has 2 amide bonds. The molecule has 1 aromatic carbocycles. The van der Waals surface area contributed by atoms with Gasteiger partial charge in [-0.25, -0.2) is 4.98 Å². The lowest BCUT2D eigenvalue weighted by Crippen LogP contribution is -2.21. The summed E-state index contributed by atoms with van der Waals surface area (Å²) >= 11 is 2.37. The van der Waals surface area contributed by atoms with Crippen LogP contribution in [0, 0.1) is 6.92 Å². The van der Waals surface area contributed by atoms with Crippen LogP contribution >= 0.6 is 23.1 Å². The van der Waals surface area contributed by atoms with Gasteiger partial charge in [-0.3, -0.25) is 14.2 Å². The van der Waals surface area contributed by atoms with E-state index in [-0.39, 0.29) is 17.6 Å². The van der Waals surface area contributed by atoms with Crippen LogP contribution in [-0.2, 0) is 11.3 Å². The predicted molar refractivity (Wildman–Crippen MR) is 140 cm³/mol. The van der Waals surface area contributed by atoms with Crippen LogP contribution < -0.4 is 19.5 Å². The molecule has 2 heterocycles. The highest BCUT2D eigenvalue weighted by Crippen LogP contribution is 2.41. The van der Waals surface area contributed by atoms with Gasteiger partial charge >= 0.3 is 0 Å². The van der Waals surface area contributed by atoms with E-state index in [0.717, 1.165) is 11.3 Å². The average molecular weight is 533 g/mol. The fraction of sp³-hybridized carbons (Fsp3) is 0.348. The van der Waals surface area contributed by atoms with E-state index in [1.54, 1.807) is 53.4 Å². The van der Waals surface area contributed by atoms with Crippen molar-refractivity contribution in [2.75, 3.05) is 46.5 Å². The number of thioether (sulfide) groups is 1. The van der Waals surface area contributed by atoms with Gasteiger partial charge in [-0.1, -0.05) is 29.2 Å². The minimum absolute atomic E-state index is 0.0696. The van der Waals surface area contributed by atoms with Gasteiger partial charge in [0, 0.05) is 26.2 Å². The topological polar surface area (TPSA) is 121 Å². The first-order chi connectivity index (χ1) is 17.2. The van der Waals surface area contributed by atoms with Crippen LogP contribution in [0.15, 0.2) is 29.9 Å². The Labute approximate surface area is 217 Å². The second-order valence-corrected chi connectivity index (χ2v) is 9.53. The standard InChI is InChI=1S/C23H28N6O5S2/c1-8-9-29-20(14-10-15(32-5)18(34-7)16(11-14)33-6)26-27-23(29)35-12-17(30)25-22-24-13(2)19(36-22)21(31)28(3)4/h8,10-11H,1,9,12H2,2-7H3,(H,24,25,30). The number of amides is 2. The van der Waals surface area contributed by atoms with Crippen molar-refractivity contribution in [1.82, 2.24) is 24.6 Å². The Bertz CT molecular complexity index is 1240. The maximum Gasteiger partial charge on any atom is 0.265 e. The zero-order valence-electron chi connectivity index (χ0n) is 20.9. The Morgan fingerprint density at radius 2 is 1.83 bits per heavy atom. The van der Waals surface area contributed by atoms with Crippen LogP contribution in [0.2, 0.25) is 0 Å². The number of aryl methyl sites for hydroxylation is 1. The summed E-state index contributed by atoms with van der Waals surface area (Å²) in [5.74, 6) is 1.63. The third kappa shape index (κ3) is 5.79. The second-order valence-electron chi connectivity index (χ2n) is 7.59. The molecule has 2 aromatic heterocycles. The fourth-order valence-corrected chi connectivity index (χ4v) is 5.00. The summed E-state index contributed by atoms with van der Waals surface area (Å²) in [6.45, 7) is 5.98. The van der Waals surface area contributed by atoms with Crippen molar-refractivity contribution in [2.45, 2.75) is 18.6 Å². The molecular formula is C23H28N6O5S2. The maximum atomic E-state index is 12.6. The summed E-state index contributed by atoms with van der Waals surface area (Å²) < 4.78 is 18.1. The molecule has 11 nitrogen and oxygen atoms in total. The van der Waals surface area contributed by atoms with Crippen molar-refractivity contribution >= 4 is 40.0 Å². The summed E-state index contributed by atoms with van der Waals surface area (Å²) in [4.78, 5) is 31.1. The summed E-state index contributed by atoms with van der Waals surface area (Å²) in [6.07, 6.45) is 1.72. The molecule has 0 spiro atoms. The van der Waals surface area contributed by atoms with Crippen molar-refractivity contribution in [1.29, 1.82) is 0 Å². The maximum absolute atomic E-state index is 12.6. The van der Waals surface area contributed by atoms with Gasteiger partial charge in [0.25, 0.3) is 5.91 Å². The molecule has 0 saturated carbocycles. The van der Waals surface area contributed by atoms with Crippen molar-refractivity contribution in [3.8, 4) is 28.6 Å². The van der Waals surface area contributed by atoms with Crippen molar-refractivity contribution in [3.63, 3.8) is 0 Å². The smallest absolute Gasteiger partial charge is 0.265 e. The number of carbonyl (C=O) groups excluding carboxylic acids is 2. The van der Waals surface area contributed by atoms with Crippen LogP contribution in [-0.4, -0.2) is 77.6 Å². The van der Waals surface area contributed by atoms with Crippen molar-refractivity contribution < 1.29 is 23.8 Å². The molecule has 3 rings (SSSR count). The highest BCUT2D eigenvalue weighted by molar-refractivity contribution is 7.99. The number of nitrogens with zero attached hydrogens (tertiary/aromatic N) is 5. The van der Waals surface area contributed by atoms with E-state index in [9.17, 15) is 9.59 Å². The Kier molecular flexibility index (Phi) is 8.93. The molecular weight excluding hydrogens is 504 g/mol. The van der Waals surface area contributed by atoms with Gasteiger partial charge in [-0.2, -0.15) is 0 Å².